The fraction of sp³-hybridized carbons (Fsp3) is 1.00. The third kappa shape index (κ3) is 3.14. The molecule has 2 rings (SSSR count). The van der Waals surface area contributed by atoms with Crippen molar-refractivity contribution in [3.05, 3.63) is 0 Å². The zero-order valence-electron chi connectivity index (χ0n) is 14.7. The summed E-state index contributed by atoms with van der Waals surface area (Å²) in [5.41, 5.74) is 0. The number of halogens is 12. The van der Waals surface area contributed by atoms with Crippen molar-refractivity contribution in [1.29, 1.82) is 0 Å². The van der Waals surface area contributed by atoms with Crippen LogP contribution in [0.1, 0.15) is 32.1 Å². The van der Waals surface area contributed by atoms with Crippen LogP contribution >= 0.6 is 20.2 Å². The molecule has 0 bridgehead atoms. The summed E-state index contributed by atoms with van der Waals surface area (Å²) in [6, 6.07) is 0. The number of alkyl halides is 13. The van der Waals surface area contributed by atoms with Crippen LogP contribution in [0.3, 0.4) is 0 Å². The fourth-order valence-electron chi connectivity index (χ4n) is 3.08. The summed E-state index contributed by atoms with van der Waals surface area (Å²) in [6.45, 7) is 0. The topological polar surface area (TPSA) is 52.6 Å². The van der Waals surface area contributed by atoms with Crippen molar-refractivity contribution >= 4 is 30.6 Å². The van der Waals surface area contributed by atoms with Crippen molar-refractivity contribution in [3.8, 4) is 0 Å². The van der Waals surface area contributed by atoms with Gasteiger partial charge in [0, 0.05) is 0 Å². The number of rotatable bonds is 5. The Morgan fingerprint density at radius 3 is 1.43 bits per heavy atom. The van der Waals surface area contributed by atoms with Gasteiger partial charge in [-0.3, -0.25) is 0 Å². The van der Waals surface area contributed by atoms with Crippen molar-refractivity contribution in [2.45, 2.75) is 69.3 Å². The first-order chi connectivity index (χ1) is 13.3. The average Bonchev–Trinajstić information content (AvgIpc) is 2.64. The molecule has 0 aromatic carbocycles. The Morgan fingerprint density at radius 1 is 0.700 bits per heavy atom. The van der Waals surface area contributed by atoms with Gasteiger partial charge in [0.15, 0.2) is 0 Å². The van der Waals surface area contributed by atoms with E-state index in [4.69, 9.17) is 0 Å². The van der Waals surface area contributed by atoms with E-state index in [9.17, 15) is 52.3 Å². The van der Waals surface area contributed by atoms with Gasteiger partial charge in [0.05, 0.1) is 0 Å². The normalized spacial score (nSPS) is 29.9. The van der Waals surface area contributed by atoms with Crippen LogP contribution in [0.4, 0.5) is 48.3 Å². The second-order valence-corrected chi connectivity index (χ2v) is 13.8. The van der Waals surface area contributed by atoms with Crippen molar-refractivity contribution < 1.29 is 63.4 Å². The molecule has 30 heavy (non-hydrogen) atoms. The van der Waals surface area contributed by atoms with Gasteiger partial charge in [-0.2, -0.15) is 0 Å². The van der Waals surface area contributed by atoms with Gasteiger partial charge < -0.3 is 0 Å². The van der Waals surface area contributed by atoms with Gasteiger partial charge >= 0.3 is 170 Å². The molecule has 2 aliphatic rings. The molecular formula is C13H14F11IO4S. The first kappa shape index (κ1) is 26.1. The number of hydrogen-bond acceptors (Lipinski definition) is 4. The second kappa shape index (κ2) is 7.43. The van der Waals surface area contributed by atoms with E-state index < -0.39 is 80.7 Å². The van der Waals surface area contributed by atoms with E-state index in [0.29, 0.717) is 13.5 Å². The minimum atomic E-state index is -7.36. The van der Waals surface area contributed by atoms with Crippen LogP contribution in [0.5, 0.6) is 0 Å². The third-order valence-electron chi connectivity index (χ3n) is 4.79. The summed E-state index contributed by atoms with van der Waals surface area (Å²) in [5, 5.41) is 0. The Balaban J connectivity index is 2.84. The molecule has 0 unspecified atom stereocenters. The number of hydrogen-bond donors (Lipinski definition) is 0. The second-order valence-electron chi connectivity index (χ2n) is 6.59. The molecule has 0 radical (unpaired) electrons. The first-order valence-corrected chi connectivity index (χ1v) is 12.6. The fourth-order valence-corrected chi connectivity index (χ4v) is 12.2. The van der Waals surface area contributed by atoms with Crippen LogP contribution in [0.15, 0.2) is 0 Å². The molecule has 0 amide bonds. The van der Waals surface area contributed by atoms with Crippen LogP contribution < -0.4 is 0 Å². The molecule has 0 spiro atoms. The molecule has 0 aromatic heterocycles. The van der Waals surface area contributed by atoms with E-state index in [1.165, 1.54) is 0 Å². The quantitative estimate of drug-likeness (QED) is 0.237. The van der Waals surface area contributed by atoms with Gasteiger partial charge in [-0.25, -0.2) is 0 Å². The molecule has 0 saturated heterocycles. The molecule has 4 nitrogen and oxygen atoms in total. The Hall–Kier alpha value is -0.170. The summed E-state index contributed by atoms with van der Waals surface area (Å²) < 4.78 is 177. The van der Waals surface area contributed by atoms with Gasteiger partial charge in [0.25, 0.3) is 0 Å². The Morgan fingerprint density at radius 2 is 1.07 bits per heavy atom. The first-order valence-electron chi connectivity index (χ1n) is 8.03. The summed E-state index contributed by atoms with van der Waals surface area (Å²) in [4.78, 5) is 0. The summed E-state index contributed by atoms with van der Waals surface area (Å²) in [7, 11) is -5.26. The molecule has 2 aliphatic carbocycles. The summed E-state index contributed by atoms with van der Waals surface area (Å²) in [5.74, 6) is -36.2. The molecule has 2 saturated carbocycles. The summed E-state index contributed by atoms with van der Waals surface area (Å²) >= 11 is -6.04. The van der Waals surface area contributed by atoms with E-state index >= 15 is 4.39 Å². The Labute approximate surface area is 170 Å². The van der Waals surface area contributed by atoms with Crippen LogP contribution in [-0.4, -0.2) is 52.7 Å². The van der Waals surface area contributed by atoms with Gasteiger partial charge in [0.2, 0.25) is 0 Å². The van der Waals surface area contributed by atoms with Crippen molar-refractivity contribution in [1.82, 2.24) is 0 Å². The molecular weight excluding hydrogens is 588 g/mol. The van der Waals surface area contributed by atoms with Gasteiger partial charge in [0.1, 0.15) is 0 Å². The molecule has 0 N–H and O–H groups in total. The van der Waals surface area contributed by atoms with E-state index in [-0.39, 0.29) is 12.8 Å². The van der Waals surface area contributed by atoms with Crippen LogP contribution in [-0.2, 0) is 17.1 Å². The molecule has 180 valence electrons. The molecule has 2 fully saturated rings. The Kier molecular flexibility index (Phi) is 6.46. The standard InChI is InChI=1S/C13H14F11IO4S/c1-28-30(26,27)29-25(7-5-3-2-4-6-7)13(24)11(20,21)9(16,17)8(14,15)10(18,19)12(13,22)23/h7H,2-6H2,1H3. The Bertz CT molecular complexity index is 737. The van der Waals surface area contributed by atoms with E-state index in [0.717, 1.165) is 0 Å². The van der Waals surface area contributed by atoms with Crippen LogP contribution in [0.25, 0.3) is 0 Å². The van der Waals surface area contributed by atoms with Crippen molar-refractivity contribution in [2.24, 2.45) is 0 Å². The van der Waals surface area contributed by atoms with Crippen LogP contribution in [0, 0.1) is 0 Å². The molecule has 17 heteroatoms. The predicted octanol–water partition coefficient (Wildman–Crippen LogP) is 5.50. The van der Waals surface area contributed by atoms with E-state index in [1.807, 2.05) is 0 Å². The van der Waals surface area contributed by atoms with Gasteiger partial charge in [-0.15, -0.1) is 0 Å². The van der Waals surface area contributed by atoms with Gasteiger partial charge in [-0.05, 0) is 0 Å². The van der Waals surface area contributed by atoms with Gasteiger partial charge in [-0.1, -0.05) is 0 Å². The van der Waals surface area contributed by atoms with Crippen LogP contribution in [0.2, 0.25) is 0 Å². The third-order valence-corrected chi connectivity index (χ3v) is 13.6. The average molecular weight is 602 g/mol. The van der Waals surface area contributed by atoms with E-state index in [2.05, 4.69) is 6.70 Å². The minimum absolute atomic E-state index is 0.00873. The van der Waals surface area contributed by atoms with E-state index in [1.54, 1.807) is 0 Å². The SMILES string of the molecule is COS(=O)(=O)OI(C1CCCCC1)C1(F)C(F)(F)C(F)(F)C(F)(F)C(F)(F)C1(F)F. The van der Waals surface area contributed by atoms with Crippen molar-refractivity contribution in [3.63, 3.8) is 0 Å². The van der Waals surface area contributed by atoms with Crippen molar-refractivity contribution in [2.75, 3.05) is 7.11 Å². The molecule has 0 atom stereocenters. The maximum absolute atomic E-state index is 15.4. The zero-order chi connectivity index (χ0) is 23.6. The molecule has 0 aromatic rings. The summed E-state index contributed by atoms with van der Waals surface area (Å²) in [6.07, 6.45) is -0.699. The zero-order valence-corrected chi connectivity index (χ0v) is 17.7. The monoisotopic (exact) mass is 602 g/mol. The maximum atomic E-state index is 15.4. The molecule has 0 heterocycles. The predicted molar refractivity (Wildman–Crippen MR) is 86.5 cm³/mol. The molecule has 0 aliphatic heterocycles.